The van der Waals surface area contributed by atoms with Crippen LogP contribution >= 0.6 is 0 Å². The van der Waals surface area contributed by atoms with Crippen LogP contribution in [0.3, 0.4) is 0 Å². The quantitative estimate of drug-likeness (QED) is 0.502. The van der Waals surface area contributed by atoms with Crippen molar-refractivity contribution in [2.45, 2.75) is 6.92 Å². The highest BCUT2D eigenvalue weighted by Crippen LogP contribution is 1.92. The lowest BCUT2D eigenvalue weighted by Gasteiger charge is -1.85. The minimum Gasteiger partial charge on any atom is -0.286 e. The van der Waals surface area contributed by atoms with Crippen LogP contribution < -0.4 is 10.7 Å². The molecule has 0 fully saturated rings. The molecule has 0 saturated heterocycles. The van der Waals surface area contributed by atoms with E-state index < -0.39 is 0 Å². The number of nitrogen functional groups attached to an aromatic ring is 1. The summed E-state index contributed by atoms with van der Waals surface area (Å²) < 4.78 is 0. The third kappa shape index (κ3) is 0.753. The molecule has 3 nitrogen and oxygen atoms in total. The van der Waals surface area contributed by atoms with E-state index in [1.807, 2.05) is 6.92 Å². The summed E-state index contributed by atoms with van der Waals surface area (Å²) in [5.74, 6) is 0.632. The Kier molecular flexibility index (Phi) is 1.12. The van der Waals surface area contributed by atoms with Gasteiger partial charge in [0.1, 0.15) is 11.9 Å². The van der Waals surface area contributed by atoms with Crippen LogP contribution in [0.2, 0.25) is 0 Å². The van der Waals surface area contributed by atoms with Crippen molar-refractivity contribution < 1.29 is 4.98 Å². The molecule has 3 heteroatoms. The van der Waals surface area contributed by atoms with Gasteiger partial charge in [0, 0.05) is 0 Å². The first-order valence-corrected chi connectivity index (χ1v) is 2.39. The molecule has 0 spiro atoms. The molecule has 0 aliphatic heterocycles. The van der Waals surface area contributed by atoms with Crippen LogP contribution in [0.4, 0.5) is 5.82 Å². The van der Waals surface area contributed by atoms with Crippen molar-refractivity contribution in [2.24, 2.45) is 0 Å². The van der Waals surface area contributed by atoms with Gasteiger partial charge in [-0.1, -0.05) is 0 Å². The van der Waals surface area contributed by atoms with Gasteiger partial charge >= 0.3 is 0 Å². The van der Waals surface area contributed by atoms with Crippen molar-refractivity contribution >= 4 is 5.82 Å². The van der Waals surface area contributed by atoms with Crippen LogP contribution in [0.25, 0.3) is 0 Å². The molecule has 8 heavy (non-hydrogen) atoms. The first-order valence-electron chi connectivity index (χ1n) is 2.39. The molecule has 1 aromatic heterocycles. The summed E-state index contributed by atoms with van der Waals surface area (Å²) in [6.45, 7) is 1.85. The average Bonchev–Trinajstić information content (AvgIpc) is 1.77. The highest BCUT2D eigenvalue weighted by Gasteiger charge is 1.94. The molecule has 1 rings (SSSR count). The van der Waals surface area contributed by atoms with Crippen molar-refractivity contribution in [3.8, 4) is 0 Å². The predicted molar refractivity (Wildman–Crippen MR) is 29.9 cm³/mol. The summed E-state index contributed by atoms with van der Waals surface area (Å²) >= 11 is 0. The number of H-pyrrole nitrogens is 1. The topological polar surface area (TPSA) is 53.0 Å². The van der Waals surface area contributed by atoms with Gasteiger partial charge in [0.15, 0.2) is 0 Å². The Balaban J connectivity index is 3.13. The van der Waals surface area contributed by atoms with Crippen molar-refractivity contribution in [3.63, 3.8) is 0 Å². The molecule has 1 heterocycles. The number of hydrogen-bond acceptors (Lipinski definition) is 2. The number of nitrogens with two attached hydrogens (primary N) is 1. The molecule has 1 aromatic rings. The van der Waals surface area contributed by atoms with E-state index in [9.17, 15) is 0 Å². The summed E-state index contributed by atoms with van der Waals surface area (Å²) in [4.78, 5) is 6.74. The molecule has 0 atom stereocenters. The van der Waals surface area contributed by atoms with Gasteiger partial charge < -0.3 is 0 Å². The number of rotatable bonds is 0. The Morgan fingerprint density at radius 1 is 1.75 bits per heavy atom. The van der Waals surface area contributed by atoms with Crippen LogP contribution in [0.1, 0.15) is 5.69 Å². The smallest absolute Gasteiger partial charge is 0.286 e. The van der Waals surface area contributed by atoms with E-state index in [1.54, 1.807) is 12.4 Å². The van der Waals surface area contributed by atoms with Gasteiger partial charge in [-0.05, 0) is 6.92 Å². The third-order valence-corrected chi connectivity index (χ3v) is 0.971. The molecule has 0 saturated carbocycles. The number of aromatic amines is 1. The standard InChI is InChI=1S/C5H7N3/c1-4-5(6)8-3-2-7-4/h2-3H,1H3,(H2,6,8)/p+1. The van der Waals surface area contributed by atoms with E-state index in [0.29, 0.717) is 5.82 Å². The molecular formula is C5H8N3+. The zero-order valence-electron chi connectivity index (χ0n) is 4.68. The number of aromatic nitrogens is 2. The van der Waals surface area contributed by atoms with Gasteiger partial charge in [0.25, 0.3) is 5.82 Å². The molecule has 3 N–H and O–H groups in total. The summed E-state index contributed by atoms with van der Waals surface area (Å²) in [6, 6.07) is 0. The van der Waals surface area contributed by atoms with Crippen molar-refractivity contribution in [2.75, 3.05) is 5.73 Å². The molecule has 0 unspecified atom stereocenters. The Morgan fingerprint density at radius 2 is 2.50 bits per heavy atom. The van der Waals surface area contributed by atoms with E-state index in [4.69, 9.17) is 5.73 Å². The van der Waals surface area contributed by atoms with Gasteiger partial charge in [0.05, 0.1) is 6.20 Å². The number of hydrogen-bond donors (Lipinski definition) is 1. The van der Waals surface area contributed by atoms with E-state index in [2.05, 4.69) is 9.97 Å². The molecule has 0 amide bonds. The number of aryl methyl sites for hydroxylation is 1. The molecule has 42 valence electrons. The normalized spacial score (nSPS) is 9.12. The van der Waals surface area contributed by atoms with Gasteiger partial charge in [-0.15, -0.1) is 0 Å². The van der Waals surface area contributed by atoms with Crippen LogP contribution in [0.15, 0.2) is 12.4 Å². The van der Waals surface area contributed by atoms with Crippen molar-refractivity contribution in [1.82, 2.24) is 4.98 Å². The average molecular weight is 110 g/mol. The first-order chi connectivity index (χ1) is 3.80. The second-order valence-electron chi connectivity index (χ2n) is 1.59. The summed E-state index contributed by atoms with van der Waals surface area (Å²) in [7, 11) is 0. The zero-order valence-corrected chi connectivity index (χ0v) is 4.68. The largest absolute Gasteiger partial charge is 0.291 e. The van der Waals surface area contributed by atoms with E-state index in [-0.39, 0.29) is 0 Å². The van der Waals surface area contributed by atoms with Crippen LogP contribution in [0.5, 0.6) is 0 Å². The fourth-order valence-corrected chi connectivity index (χ4v) is 0.450. The summed E-state index contributed by atoms with van der Waals surface area (Å²) in [5, 5.41) is 0. The van der Waals surface area contributed by atoms with E-state index in [0.717, 1.165) is 5.69 Å². The molecule has 0 bridgehead atoms. The molecule has 0 radical (unpaired) electrons. The molecule has 0 aromatic carbocycles. The van der Waals surface area contributed by atoms with Crippen LogP contribution in [-0.4, -0.2) is 4.98 Å². The Labute approximate surface area is 47.6 Å². The predicted octanol–water partition coefficient (Wildman–Crippen LogP) is -0.214. The minimum atomic E-state index is 0.632. The fourth-order valence-electron chi connectivity index (χ4n) is 0.450. The Morgan fingerprint density at radius 3 is 2.88 bits per heavy atom. The van der Waals surface area contributed by atoms with Gasteiger partial charge in [-0.3, -0.25) is 5.73 Å². The summed E-state index contributed by atoms with van der Waals surface area (Å²) in [5.41, 5.74) is 6.24. The Bertz CT molecular complexity index is 164. The molecule has 0 aliphatic carbocycles. The maximum Gasteiger partial charge on any atom is 0.291 e. The molecule has 0 aliphatic rings. The minimum absolute atomic E-state index is 0.632. The number of nitrogens with zero attached hydrogens (tertiary/aromatic N) is 1. The second-order valence-corrected chi connectivity index (χ2v) is 1.59. The van der Waals surface area contributed by atoms with Crippen molar-refractivity contribution in [3.05, 3.63) is 18.1 Å². The fraction of sp³-hybridized carbons (Fsp3) is 0.200. The monoisotopic (exact) mass is 110 g/mol. The third-order valence-electron chi connectivity index (χ3n) is 0.971. The SMILES string of the molecule is Cc1ncc[nH+]c1N. The van der Waals surface area contributed by atoms with Gasteiger partial charge in [0.2, 0.25) is 0 Å². The van der Waals surface area contributed by atoms with Gasteiger partial charge in [-0.25, -0.2) is 9.97 Å². The second kappa shape index (κ2) is 1.78. The Hall–Kier alpha value is -1.12. The first kappa shape index (κ1) is 5.03. The van der Waals surface area contributed by atoms with E-state index >= 15 is 0 Å². The maximum absolute atomic E-state index is 5.40. The summed E-state index contributed by atoms with van der Waals surface area (Å²) in [6.07, 6.45) is 3.37. The lowest BCUT2D eigenvalue weighted by atomic mass is 10.5. The van der Waals surface area contributed by atoms with Crippen molar-refractivity contribution in [1.29, 1.82) is 0 Å². The highest BCUT2D eigenvalue weighted by atomic mass is 14.9. The maximum atomic E-state index is 5.40. The molecular weight excluding hydrogens is 102 g/mol. The number of anilines is 1. The van der Waals surface area contributed by atoms with Gasteiger partial charge in [-0.2, -0.15) is 0 Å². The van der Waals surface area contributed by atoms with E-state index in [1.165, 1.54) is 0 Å². The van der Waals surface area contributed by atoms with Crippen LogP contribution in [0, 0.1) is 6.92 Å². The van der Waals surface area contributed by atoms with Crippen LogP contribution in [-0.2, 0) is 0 Å². The lowest BCUT2D eigenvalue weighted by Crippen LogP contribution is -2.11. The lowest BCUT2D eigenvalue weighted by molar-refractivity contribution is -0.361. The zero-order chi connectivity index (χ0) is 5.98. The highest BCUT2D eigenvalue weighted by molar-refractivity contribution is 5.24. The number of nitrogens with one attached hydrogen (secondary N) is 1.